The number of carbonyl (C=O) groups is 3. The Morgan fingerprint density at radius 1 is 0.839 bits per heavy atom. The van der Waals surface area contributed by atoms with E-state index in [1.165, 1.54) is 0 Å². The van der Waals surface area contributed by atoms with E-state index in [9.17, 15) is 19.5 Å². The molecule has 0 saturated heterocycles. The summed E-state index contributed by atoms with van der Waals surface area (Å²) in [5.74, 6) is -0.868. The number of halogens is 2. The number of esters is 2. The normalized spacial score (nSPS) is 14.7. The molecule has 166 valence electrons. The van der Waals surface area contributed by atoms with E-state index in [2.05, 4.69) is 31.9 Å². The van der Waals surface area contributed by atoms with Gasteiger partial charge in [0.15, 0.2) is 0 Å². The van der Waals surface area contributed by atoms with E-state index in [0.29, 0.717) is 17.9 Å². The number of carboxylic acid groups (broad SMARTS) is 1. The predicted octanol–water partition coefficient (Wildman–Crippen LogP) is 5.24. The molecule has 0 spiro atoms. The van der Waals surface area contributed by atoms with Crippen molar-refractivity contribution in [2.75, 3.05) is 0 Å². The standard InChI is InChI=1S/C23H24Br2O6/c1-14(24)21(28)30-18-8-4-16(5-9-18)23(3,13-12-20(26)27)17-6-10-19(11-7-17)31-22(29)15(2)25/h4-11,14-15H,12-13H2,1-3H3,(H,26,27). The molecule has 6 nitrogen and oxygen atoms in total. The summed E-state index contributed by atoms with van der Waals surface area (Å²) in [7, 11) is 0. The second-order valence-electron chi connectivity index (χ2n) is 7.35. The zero-order valence-electron chi connectivity index (χ0n) is 17.4. The molecule has 0 radical (unpaired) electrons. The van der Waals surface area contributed by atoms with E-state index >= 15 is 0 Å². The average Bonchev–Trinajstić information content (AvgIpc) is 2.72. The van der Waals surface area contributed by atoms with Gasteiger partial charge in [-0.15, -0.1) is 0 Å². The van der Waals surface area contributed by atoms with Crippen LogP contribution in [0.15, 0.2) is 48.5 Å². The molecule has 0 aliphatic carbocycles. The van der Waals surface area contributed by atoms with Gasteiger partial charge in [-0.1, -0.05) is 63.0 Å². The molecule has 31 heavy (non-hydrogen) atoms. The lowest BCUT2D eigenvalue weighted by Gasteiger charge is -2.31. The number of ether oxygens (including phenoxy) is 2. The van der Waals surface area contributed by atoms with Crippen molar-refractivity contribution in [2.24, 2.45) is 0 Å². The van der Waals surface area contributed by atoms with Crippen LogP contribution in [0.3, 0.4) is 0 Å². The lowest BCUT2D eigenvalue weighted by Crippen LogP contribution is -2.25. The molecule has 0 aliphatic heterocycles. The fourth-order valence-corrected chi connectivity index (χ4v) is 3.18. The molecule has 0 bridgehead atoms. The average molecular weight is 556 g/mol. The lowest BCUT2D eigenvalue weighted by molar-refractivity contribution is -0.137. The molecule has 2 atom stereocenters. The quantitative estimate of drug-likeness (QED) is 0.259. The summed E-state index contributed by atoms with van der Waals surface area (Å²) in [5.41, 5.74) is 1.13. The Hall–Kier alpha value is -2.19. The third-order valence-corrected chi connectivity index (χ3v) is 5.66. The highest BCUT2D eigenvalue weighted by molar-refractivity contribution is 9.10. The largest absolute Gasteiger partial charge is 0.481 e. The van der Waals surface area contributed by atoms with Crippen LogP contribution in [0.4, 0.5) is 0 Å². The summed E-state index contributed by atoms with van der Waals surface area (Å²) >= 11 is 6.34. The van der Waals surface area contributed by atoms with Gasteiger partial charge in [-0.3, -0.25) is 14.4 Å². The highest BCUT2D eigenvalue weighted by atomic mass is 79.9. The molecular weight excluding hydrogens is 532 g/mol. The van der Waals surface area contributed by atoms with Crippen LogP contribution < -0.4 is 9.47 Å². The van der Waals surface area contributed by atoms with Gasteiger partial charge in [0, 0.05) is 11.8 Å². The van der Waals surface area contributed by atoms with Crippen molar-refractivity contribution in [3.63, 3.8) is 0 Å². The first-order valence-electron chi connectivity index (χ1n) is 9.67. The van der Waals surface area contributed by atoms with Crippen LogP contribution in [0.25, 0.3) is 0 Å². The van der Waals surface area contributed by atoms with Crippen LogP contribution in [0.2, 0.25) is 0 Å². The smallest absolute Gasteiger partial charge is 0.324 e. The molecule has 2 rings (SSSR count). The predicted molar refractivity (Wildman–Crippen MR) is 124 cm³/mol. The van der Waals surface area contributed by atoms with E-state index < -0.39 is 33.0 Å². The van der Waals surface area contributed by atoms with Crippen LogP contribution in [0.5, 0.6) is 11.5 Å². The van der Waals surface area contributed by atoms with Gasteiger partial charge in [-0.2, -0.15) is 0 Å². The maximum atomic E-state index is 11.8. The molecule has 0 aliphatic rings. The Labute approximate surface area is 198 Å². The van der Waals surface area contributed by atoms with Crippen molar-refractivity contribution >= 4 is 49.8 Å². The summed E-state index contributed by atoms with van der Waals surface area (Å²) < 4.78 is 10.6. The topological polar surface area (TPSA) is 89.9 Å². The first-order chi connectivity index (χ1) is 14.5. The van der Waals surface area contributed by atoms with Crippen molar-refractivity contribution < 1.29 is 29.0 Å². The van der Waals surface area contributed by atoms with E-state index in [4.69, 9.17) is 9.47 Å². The molecule has 0 heterocycles. The Bertz CT molecular complexity index is 855. The van der Waals surface area contributed by atoms with Crippen LogP contribution in [0.1, 0.15) is 44.7 Å². The minimum absolute atomic E-state index is 0.0216. The Morgan fingerprint density at radius 2 is 1.19 bits per heavy atom. The number of alkyl halides is 2. The number of rotatable bonds is 9. The summed E-state index contributed by atoms with van der Waals surface area (Å²) in [6, 6.07) is 14.1. The summed E-state index contributed by atoms with van der Waals surface area (Å²) in [6.07, 6.45) is 0.337. The summed E-state index contributed by atoms with van der Waals surface area (Å²) in [5, 5.41) is 9.24. The lowest BCUT2D eigenvalue weighted by atomic mass is 9.73. The third-order valence-electron chi connectivity index (χ3n) is 4.91. The van der Waals surface area contributed by atoms with Gasteiger partial charge in [0.1, 0.15) is 21.2 Å². The third kappa shape index (κ3) is 6.90. The Kier molecular flexibility index (Phi) is 8.82. The van der Waals surface area contributed by atoms with Crippen molar-refractivity contribution in [1.82, 2.24) is 0 Å². The molecule has 8 heteroatoms. The second kappa shape index (κ2) is 10.9. The fraction of sp³-hybridized carbons (Fsp3) is 0.348. The van der Waals surface area contributed by atoms with Crippen LogP contribution >= 0.6 is 31.9 Å². The minimum Gasteiger partial charge on any atom is -0.481 e. The number of hydrogen-bond donors (Lipinski definition) is 1. The number of benzene rings is 2. The highest BCUT2D eigenvalue weighted by Gasteiger charge is 2.30. The summed E-state index contributed by atoms with van der Waals surface area (Å²) in [4.78, 5) is 34.0. The zero-order valence-corrected chi connectivity index (χ0v) is 20.6. The van der Waals surface area contributed by atoms with Crippen LogP contribution in [0, 0.1) is 0 Å². The van der Waals surface area contributed by atoms with Crippen molar-refractivity contribution in [1.29, 1.82) is 0 Å². The van der Waals surface area contributed by atoms with Gasteiger partial charge in [-0.05, 0) is 55.7 Å². The van der Waals surface area contributed by atoms with E-state index in [1.54, 1.807) is 38.1 Å². The number of hydrogen-bond acceptors (Lipinski definition) is 5. The van der Waals surface area contributed by atoms with Gasteiger partial charge in [0.05, 0.1) is 0 Å². The fourth-order valence-electron chi connectivity index (χ4n) is 2.99. The first kappa shape index (κ1) is 25.1. The molecule has 0 aromatic heterocycles. The second-order valence-corrected chi connectivity index (χ2v) is 10.1. The maximum absolute atomic E-state index is 11.8. The van der Waals surface area contributed by atoms with Crippen LogP contribution in [-0.2, 0) is 19.8 Å². The highest BCUT2D eigenvalue weighted by Crippen LogP contribution is 2.38. The van der Waals surface area contributed by atoms with Crippen LogP contribution in [-0.4, -0.2) is 32.7 Å². The molecule has 2 aromatic carbocycles. The van der Waals surface area contributed by atoms with Gasteiger partial charge in [0.25, 0.3) is 0 Å². The van der Waals surface area contributed by atoms with Gasteiger partial charge >= 0.3 is 17.9 Å². The number of carboxylic acids is 1. The Balaban J connectivity index is 2.32. The monoisotopic (exact) mass is 554 g/mol. The summed E-state index contributed by atoms with van der Waals surface area (Å²) in [6.45, 7) is 5.32. The molecular formula is C23H24Br2O6. The molecule has 0 amide bonds. The van der Waals surface area contributed by atoms with E-state index in [1.807, 2.05) is 31.2 Å². The molecule has 0 saturated carbocycles. The van der Waals surface area contributed by atoms with Gasteiger partial charge in [-0.25, -0.2) is 0 Å². The zero-order chi connectivity index (χ0) is 23.2. The van der Waals surface area contributed by atoms with Gasteiger partial charge < -0.3 is 14.6 Å². The molecule has 1 N–H and O–H groups in total. The maximum Gasteiger partial charge on any atom is 0.324 e. The number of carbonyl (C=O) groups excluding carboxylic acids is 2. The van der Waals surface area contributed by atoms with Crippen molar-refractivity contribution in [3.05, 3.63) is 59.7 Å². The van der Waals surface area contributed by atoms with Crippen molar-refractivity contribution in [2.45, 2.75) is 48.7 Å². The van der Waals surface area contributed by atoms with E-state index in [0.717, 1.165) is 11.1 Å². The minimum atomic E-state index is -0.889. The molecule has 0 fully saturated rings. The SMILES string of the molecule is CC(Br)C(=O)Oc1ccc(C(C)(CCC(=O)O)c2ccc(OC(=O)C(C)Br)cc2)cc1. The van der Waals surface area contributed by atoms with E-state index in [-0.39, 0.29) is 6.42 Å². The van der Waals surface area contributed by atoms with Crippen molar-refractivity contribution in [3.8, 4) is 11.5 Å². The van der Waals surface area contributed by atoms with Gasteiger partial charge in [0.2, 0.25) is 0 Å². The Morgan fingerprint density at radius 3 is 1.48 bits per heavy atom. The first-order valence-corrected chi connectivity index (χ1v) is 11.5. The molecule has 2 aromatic rings. The molecule has 2 unspecified atom stereocenters. The number of aliphatic carboxylic acids is 1.